The van der Waals surface area contributed by atoms with Crippen LogP contribution in [0.25, 0.3) is 0 Å². The lowest BCUT2D eigenvalue weighted by Crippen LogP contribution is -2.65. The summed E-state index contributed by atoms with van der Waals surface area (Å²) in [6.45, 7) is 7.05. The molecule has 0 saturated heterocycles. The number of hydrogen-bond donors (Lipinski definition) is 1. The van der Waals surface area contributed by atoms with Gasteiger partial charge < -0.3 is 14.6 Å². The number of halogens is 2. The van der Waals surface area contributed by atoms with Crippen LogP contribution in [0.5, 0.6) is 0 Å². The van der Waals surface area contributed by atoms with E-state index in [9.17, 15) is 23.9 Å². The Morgan fingerprint density at radius 1 is 1.24 bits per heavy atom. The molecule has 6 nitrogen and oxygen atoms in total. The first-order valence-electron chi connectivity index (χ1n) is 11.9. The highest BCUT2D eigenvalue weighted by Gasteiger charge is 2.74. The van der Waals surface area contributed by atoms with Gasteiger partial charge in [0.15, 0.2) is 11.6 Å². The molecule has 4 aliphatic carbocycles. The fraction of sp³-hybridized carbons (Fsp3) is 0.800. The maximum absolute atomic E-state index is 15.5. The van der Waals surface area contributed by atoms with E-state index in [0.717, 1.165) is 0 Å². The van der Waals surface area contributed by atoms with Crippen LogP contribution >= 0.6 is 0 Å². The summed E-state index contributed by atoms with van der Waals surface area (Å²) < 4.78 is 41.4. The van der Waals surface area contributed by atoms with E-state index in [0.29, 0.717) is 6.42 Å². The quantitative estimate of drug-likeness (QED) is 0.633. The monoisotopic (exact) mass is 468 g/mol. The maximum atomic E-state index is 15.5. The number of alkyl halides is 1. The molecule has 8 heteroatoms. The van der Waals surface area contributed by atoms with Crippen molar-refractivity contribution >= 4 is 17.7 Å². The van der Waals surface area contributed by atoms with Crippen LogP contribution in [0, 0.1) is 34.5 Å². The Balaban J connectivity index is 1.84. The summed E-state index contributed by atoms with van der Waals surface area (Å²) in [5, 5.41) is 11.5. The minimum atomic E-state index is -1.64. The summed E-state index contributed by atoms with van der Waals surface area (Å²) in [5.41, 5.74) is -3.67. The summed E-state index contributed by atoms with van der Waals surface area (Å²) in [5.74, 6) is -4.35. The van der Waals surface area contributed by atoms with Crippen LogP contribution in [0.3, 0.4) is 0 Å². The lowest BCUT2D eigenvalue weighted by atomic mass is 9.45. The van der Waals surface area contributed by atoms with Crippen molar-refractivity contribution < 1.29 is 37.7 Å². The van der Waals surface area contributed by atoms with Gasteiger partial charge in [0.05, 0.1) is 13.2 Å². The number of methoxy groups -OCH3 is 1. The Labute approximate surface area is 193 Å². The average Bonchev–Trinajstić information content (AvgIpc) is 2.97. The minimum Gasteiger partial charge on any atom is -0.466 e. The van der Waals surface area contributed by atoms with Gasteiger partial charge in [0.1, 0.15) is 6.17 Å². The topological polar surface area (TPSA) is 89.9 Å². The van der Waals surface area contributed by atoms with E-state index in [1.165, 1.54) is 7.11 Å². The molecule has 0 aromatic heterocycles. The standard InChI is InChI=1S/C25H34F2O6/c1-6-18(30)33-25(22(31)32-5)12(2)9-14-13-10-15(26)20-21(27)16(28)7-8-23(20,3)19(13)17(29)11-24(14,25)4/h12-15,17,19,29H,6-11H2,1-5H3/t12-,13-,14-,15-,17-,19+,23+,24-,25-/m0/s1. The van der Waals surface area contributed by atoms with Crippen LogP contribution < -0.4 is 0 Å². The zero-order valence-electron chi connectivity index (χ0n) is 20.0. The van der Waals surface area contributed by atoms with Gasteiger partial charge in [0.2, 0.25) is 5.60 Å². The van der Waals surface area contributed by atoms with E-state index in [2.05, 4.69) is 0 Å². The average molecular weight is 469 g/mol. The zero-order chi connectivity index (χ0) is 24.5. The fourth-order valence-corrected chi connectivity index (χ4v) is 8.21. The Morgan fingerprint density at radius 3 is 2.52 bits per heavy atom. The molecule has 0 amide bonds. The summed E-state index contributed by atoms with van der Waals surface area (Å²) in [4.78, 5) is 37.7. The van der Waals surface area contributed by atoms with Crippen molar-refractivity contribution in [3.63, 3.8) is 0 Å². The number of allylic oxidation sites excluding steroid dienone is 1. The molecule has 0 bridgehead atoms. The van der Waals surface area contributed by atoms with Crippen molar-refractivity contribution in [3.8, 4) is 0 Å². The number of fused-ring (bicyclic) bond motifs is 5. The second kappa shape index (κ2) is 7.85. The number of hydrogen-bond acceptors (Lipinski definition) is 6. The van der Waals surface area contributed by atoms with Crippen molar-refractivity contribution in [2.24, 2.45) is 34.5 Å². The van der Waals surface area contributed by atoms with Crippen molar-refractivity contribution in [1.29, 1.82) is 0 Å². The number of ether oxygens (including phenoxy) is 2. The molecule has 1 N–H and O–H groups in total. The third-order valence-electron chi connectivity index (χ3n) is 9.54. The van der Waals surface area contributed by atoms with Crippen LogP contribution in [-0.2, 0) is 23.9 Å². The summed E-state index contributed by atoms with van der Waals surface area (Å²) in [6, 6.07) is 0. The molecular formula is C25H34F2O6. The second-order valence-corrected chi connectivity index (χ2v) is 10.9. The van der Waals surface area contributed by atoms with Gasteiger partial charge in [0, 0.05) is 35.2 Å². The first kappa shape index (κ1) is 24.3. The number of aliphatic hydroxyl groups is 1. The molecular weight excluding hydrogens is 434 g/mol. The van der Waals surface area contributed by atoms with Crippen LogP contribution in [0.4, 0.5) is 8.78 Å². The molecule has 4 rings (SSSR count). The fourth-order valence-electron chi connectivity index (χ4n) is 8.21. The molecule has 0 heterocycles. The summed E-state index contributed by atoms with van der Waals surface area (Å²) in [6.07, 6.45) is -1.72. The molecule has 184 valence electrons. The van der Waals surface area contributed by atoms with E-state index in [1.807, 2.05) is 13.8 Å². The van der Waals surface area contributed by atoms with Gasteiger partial charge in [0.25, 0.3) is 0 Å². The second-order valence-electron chi connectivity index (χ2n) is 10.9. The molecule has 0 aromatic carbocycles. The van der Waals surface area contributed by atoms with Crippen molar-refractivity contribution in [3.05, 3.63) is 11.4 Å². The number of ketones is 1. The largest absolute Gasteiger partial charge is 0.466 e. The molecule has 33 heavy (non-hydrogen) atoms. The van der Waals surface area contributed by atoms with E-state index in [1.54, 1.807) is 13.8 Å². The van der Waals surface area contributed by atoms with Gasteiger partial charge in [-0.25, -0.2) is 13.6 Å². The predicted octanol–water partition coefficient (Wildman–Crippen LogP) is 3.85. The van der Waals surface area contributed by atoms with E-state index >= 15 is 4.39 Å². The van der Waals surface area contributed by atoms with Gasteiger partial charge in [-0.2, -0.15) is 0 Å². The van der Waals surface area contributed by atoms with Crippen molar-refractivity contribution in [1.82, 2.24) is 0 Å². The predicted molar refractivity (Wildman–Crippen MR) is 114 cm³/mol. The zero-order valence-corrected chi connectivity index (χ0v) is 20.0. The maximum Gasteiger partial charge on any atom is 0.351 e. The normalized spacial score (nSPS) is 46.8. The van der Waals surface area contributed by atoms with E-state index in [4.69, 9.17) is 9.47 Å². The molecule has 0 radical (unpaired) electrons. The number of Topliss-reactive ketones (excluding diaryl/α,β-unsaturated/α-hetero) is 1. The van der Waals surface area contributed by atoms with Crippen LogP contribution in [-0.4, -0.2) is 47.8 Å². The number of aliphatic hydroxyl groups excluding tert-OH is 1. The number of carbonyl (C=O) groups excluding carboxylic acids is 3. The Bertz CT molecular complexity index is 917. The SMILES string of the molecule is CCC(=O)O[C@]1(C(=O)OC)[C@@H](C)C[C@H]2[C@@H]3C[C@H](F)C4=C(F)C(=O)CC[C@]4(C)[C@H]3[C@@H](O)C[C@@]21C. The molecule has 3 fully saturated rings. The Morgan fingerprint density at radius 2 is 1.91 bits per heavy atom. The lowest BCUT2D eigenvalue weighted by molar-refractivity contribution is -0.219. The molecule has 9 atom stereocenters. The lowest BCUT2D eigenvalue weighted by Gasteiger charge is -2.61. The number of esters is 2. The van der Waals surface area contributed by atoms with Gasteiger partial charge in [-0.15, -0.1) is 0 Å². The number of rotatable bonds is 3. The van der Waals surface area contributed by atoms with Crippen LogP contribution in [0.1, 0.15) is 66.2 Å². The molecule has 0 spiro atoms. The van der Waals surface area contributed by atoms with E-state index < -0.39 is 64.1 Å². The van der Waals surface area contributed by atoms with Gasteiger partial charge in [-0.05, 0) is 43.4 Å². The minimum absolute atomic E-state index is 0.0208. The third-order valence-corrected chi connectivity index (χ3v) is 9.54. The van der Waals surface area contributed by atoms with Gasteiger partial charge in [-0.3, -0.25) is 9.59 Å². The third kappa shape index (κ3) is 3.01. The highest BCUT2D eigenvalue weighted by atomic mass is 19.1. The first-order chi connectivity index (χ1) is 15.4. The smallest absolute Gasteiger partial charge is 0.351 e. The first-order valence-corrected chi connectivity index (χ1v) is 11.9. The summed E-state index contributed by atoms with van der Waals surface area (Å²) in [7, 11) is 1.24. The van der Waals surface area contributed by atoms with E-state index in [-0.39, 0.29) is 49.5 Å². The van der Waals surface area contributed by atoms with Gasteiger partial charge in [-0.1, -0.05) is 27.7 Å². The highest BCUT2D eigenvalue weighted by Crippen LogP contribution is 2.70. The molecule has 4 aliphatic rings. The molecule has 0 aromatic rings. The Kier molecular flexibility index (Phi) is 5.78. The number of carbonyl (C=O) groups is 3. The summed E-state index contributed by atoms with van der Waals surface area (Å²) >= 11 is 0. The highest BCUT2D eigenvalue weighted by molar-refractivity contribution is 5.95. The molecule has 0 unspecified atom stereocenters. The Hall–Kier alpha value is -1.83. The molecule has 3 saturated carbocycles. The van der Waals surface area contributed by atoms with Crippen molar-refractivity contribution in [2.45, 2.75) is 84.1 Å². The van der Waals surface area contributed by atoms with Crippen LogP contribution in [0.2, 0.25) is 0 Å². The van der Waals surface area contributed by atoms with Crippen molar-refractivity contribution in [2.75, 3.05) is 7.11 Å². The van der Waals surface area contributed by atoms with Crippen LogP contribution in [0.15, 0.2) is 11.4 Å². The van der Waals surface area contributed by atoms with Gasteiger partial charge >= 0.3 is 11.9 Å². The molecule has 0 aliphatic heterocycles.